The summed E-state index contributed by atoms with van der Waals surface area (Å²) < 4.78 is 0. The molecule has 1 amide bonds. The molecule has 0 bridgehead atoms. The highest BCUT2D eigenvalue weighted by Crippen LogP contribution is 2.35. The fourth-order valence-electron chi connectivity index (χ4n) is 2.81. The van der Waals surface area contributed by atoms with E-state index in [2.05, 4.69) is 20.8 Å². The van der Waals surface area contributed by atoms with Crippen molar-refractivity contribution in [2.45, 2.75) is 6.92 Å². The minimum Gasteiger partial charge on any atom is -0.321 e. The zero-order valence-corrected chi connectivity index (χ0v) is 16.3. The van der Waals surface area contributed by atoms with Crippen LogP contribution in [0.25, 0.3) is 0 Å². The number of para-hydroxylation sites is 1. The van der Waals surface area contributed by atoms with Crippen molar-refractivity contribution < 1.29 is 14.6 Å². The number of hydrazine groups is 1. The van der Waals surface area contributed by atoms with Gasteiger partial charge < -0.3 is 4.90 Å². The first-order chi connectivity index (χ1) is 14.9. The summed E-state index contributed by atoms with van der Waals surface area (Å²) >= 11 is 0. The third-order valence-electron chi connectivity index (χ3n) is 4.26. The average molecular weight is 423 g/mol. The lowest BCUT2D eigenvalue weighted by molar-refractivity contribution is -0.384. The molecule has 0 atom stereocenters. The van der Waals surface area contributed by atoms with Crippen molar-refractivity contribution in [1.82, 2.24) is 15.4 Å². The van der Waals surface area contributed by atoms with Gasteiger partial charge >= 0.3 is 5.69 Å². The Morgan fingerprint density at radius 1 is 1.00 bits per heavy atom. The van der Waals surface area contributed by atoms with Crippen LogP contribution in [0.3, 0.4) is 0 Å². The van der Waals surface area contributed by atoms with E-state index in [0.717, 1.165) is 6.33 Å². The first-order valence-corrected chi connectivity index (χ1v) is 9.05. The molecule has 3 aromatic rings. The van der Waals surface area contributed by atoms with E-state index in [0.29, 0.717) is 12.2 Å². The van der Waals surface area contributed by atoms with Crippen molar-refractivity contribution in [2.24, 2.45) is 0 Å². The molecule has 0 unspecified atom stereocenters. The lowest BCUT2D eigenvalue weighted by Crippen LogP contribution is -2.30. The molecule has 0 saturated carbocycles. The molecule has 2 aromatic carbocycles. The number of hydrogen-bond donors (Lipinski definition) is 2. The van der Waals surface area contributed by atoms with Crippen LogP contribution in [0, 0.1) is 20.2 Å². The number of aromatic nitrogens is 2. The van der Waals surface area contributed by atoms with Gasteiger partial charge in [-0.15, -0.1) is 0 Å². The zero-order chi connectivity index (χ0) is 22.4. The summed E-state index contributed by atoms with van der Waals surface area (Å²) in [5.74, 6) is -0.805. The molecule has 158 valence electrons. The van der Waals surface area contributed by atoms with Gasteiger partial charge in [-0.3, -0.25) is 35.9 Å². The topological polar surface area (TPSA) is 156 Å². The number of benzene rings is 2. The number of carbonyl (C=O) groups is 1. The minimum atomic E-state index is -0.653. The van der Waals surface area contributed by atoms with E-state index in [9.17, 15) is 25.0 Å². The van der Waals surface area contributed by atoms with E-state index in [1.165, 1.54) is 24.3 Å². The van der Waals surface area contributed by atoms with Gasteiger partial charge in [0.25, 0.3) is 11.6 Å². The second kappa shape index (κ2) is 9.26. The van der Waals surface area contributed by atoms with Crippen LogP contribution in [0.5, 0.6) is 0 Å². The van der Waals surface area contributed by atoms with Gasteiger partial charge in [-0.2, -0.15) is 0 Å². The second-order valence-electron chi connectivity index (χ2n) is 6.11. The van der Waals surface area contributed by atoms with Crippen LogP contribution in [-0.2, 0) is 0 Å². The zero-order valence-electron chi connectivity index (χ0n) is 16.3. The molecule has 0 saturated heterocycles. The van der Waals surface area contributed by atoms with Gasteiger partial charge in [0.2, 0.25) is 11.6 Å². The van der Waals surface area contributed by atoms with E-state index in [1.807, 2.05) is 13.0 Å². The van der Waals surface area contributed by atoms with E-state index < -0.39 is 21.4 Å². The Morgan fingerprint density at radius 3 is 2.26 bits per heavy atom. The molecule has 12 heteroatoms. The van der Waals surface area contributed by atoms with Crippen LogP contribution < -0.4 is 15.8 Å². The molecule has 0 fully saturated rings. The third-order valence-corrected chi connectivity index (χ3v) is 4.26. The van der Waals surface area contributed by atoms with Crippen molar-refractivity contribution >= 4 is 34.6 Å². The maximum absolute atomic E-state index is 12.3. The third kappa shape index (κ3) is 4.70. The van der Waals surface area contributed by atoms with Crippen molar-refractivity contribution in [2.75, 3.05) is 16.9 Å². The smallest absolute Gasteiger partial charge is 0.321 e. The fraction of sp³-hybridized carbons (Fsp3) is 0.105. The highest BCUT2D eigenvalue weighted by molar-refractivity contribution is 5.95. The van der Waals surface area contributed by atoms with Crippen LogP contribution in [0.1, 0.15) is 17.3 Å². The van der Waals surface area contributed by atoms with Crippen molar-refractivity contribution in [1.29, 1.82) is 0 Å². The van der Waals surface area contributed by atoms with E-state index in [-0.39, 0.29) is 22.9 Å². The molecule has 2 N–H and O–H groups in total. The van der Waals surface area contributed by atoms with Gasteiger partial charge in [0, 0.05) is 29.9 Å². The molecule has 3 rings (SSSR count). The molecule has 1 aromatic heterocycles. The summed E-state index contributed by atoms with van der Waals surface area (Å²) in [6, 6.07) is 13.9. The van der Waals surface area contributed by atoms with Gasteiger partial charge in [-0.1, -0.05) is 18.2 Å². The Hall–Kier alpha value is -4.61. The van der Waals surface area contributed by atoms with Gasteiger partial charge in [0.1, 0.15) is 6.33 Å². The van der Waals surface area contributed by atoms with Crippen LogP contribution >= 0.6 is 0 Å². The van der Waals surface area contributed by atoms with Crippen LogP contribution in [0.15, 0.2) is 60.9 Å². The molecular weight excluding hydrogens is 406 g/mol. The van der Waals surface area contributed by atoms with E-state index in [1.54, 1.807) is 29.2 Å². The molecule has 0 spiro atoms. The molecule has 12 nitrogen and oxygen atoms in total. The van der Waals surface area contributed by atoms with Gasteiger partial charge in [0.05, 0.1) is 9.85 Å². The maximum atomic E-state index is 12.3. The number of nitro benzene ring substituents is 1. The summed E-state index contributed by atoms with van der Waals surface area (Å²) in [7, 11) is 0. The van der Waals surface area contributed by atoms with Gasteiger partial charge in [-0.05, 0) is 31.2 Å². The SMILES string of the molecule is CCN(c1ccccc1)c1ncnc(NNC(=O)c2ccc([N+](=O)[O-])cc2)c1[N+](=O)[O-]. The Labute approximate surface area is 175 Å². The van der Waals surface area contributed by atoms with E-state index >= 15 is 0 Å². The number of nitrogens with zero attached hydrogens (tertiary/aromatic N) is 5. The molecule has 0 aliphatic carbocycles. The van der Waals surface area contributed by atoms with E-state index in [4.69, 9.17) is 0 Å². The Morgan fingerprint density at radius 2 is 1.68 bits per heavy atom. The Balaban J connectivity index is 1.86. The van der Waals surface area contributed by atoms with Crippen molar-refractivity contribution in [3.63, 3.8) is 0 Å². The summed E-state index contributed by atoms with van der Waals surface area (Å²) in [4.78, 5) is 43.2. The summed E-state index contributed by atoms with van der Waals surface area (Å²) in [6.45, 7) is 2.22. The molecule has 0 radical (unpaired) electrons. The molecule has 31 heavy (non-hydrogen) atoms. The van der Waals surface area contributed by atoms with Crippen LogP contribution in [-0.4, -0.2) is 32.3 Å². The first-order valence-electron chi connectivity index (χ1n) is 9.05. The monoisotopic (exact) mass is 423 g/mol. The van der Waals surface area contributed by atoms with Crippen molar-refractivity contribution in [3.05, 3.63) is 86.7 Å². The Kier molecular flexibility index (Phi) is 6.30. The number of nitrogens with one attached hydrogen (secondary N) is 2. The number of rotatable bonds is 8. The largest absolute Gasteiger partial charge is 0.355 e. The number of nitro groups is 2. The fourth-order valence-corrected chi connectivity index (χ4v) is 2.81. The standard InChI is InChI=1S/C19H17N7O5/c1-2-24(14-6-4-3-5-7-14)18-16(26(30)31)17(20-12-21-18)22-23-19(27)13-8-10-15(11-9-13)25(28)29/h3-12H,2H2,1H3,(H,23,27)(H,20,21,22). The summed E-state index contributed by atoms with van der Waals surface area (Å²) in [5.41, 5.74) is 5.00. The lowest BCUT2D eigenvalue weighted by Gasteiger charge is -2.22. The number of hydrogen-bond acceptors (Lipinski definition) is 9. The highest BCUT2D eigenvalue weighted by atomic mass is 16.6. The lowest BCUT2D eigenvalue weighted by atomic mass is 10.2. The molecule has 0 aliphatic rings. The predicted molar refractivity (Wildman–Crippen MR) is 112 cm³/mol. The molecule has 0 aliphatic heterocycles. The first kappa shape index (κ1) is 21.1. The summed E-state index contributed by atoms with van der Waals surface area (Å²) in [6.07, 6.45) is 1.15. The minimum absolute atomic E-state index is 0.0563. The number of amides is 1. The highest BCUT2D eigenvalue weighted by Gasteiger charge is 2.27. The second-order valence-corrected chi connectivity index (χ2v) is 6.11. The normalized spacial score (nSPS) is 10.2. The summed E-state index contributed by atoms with van der Waals surface area (Å²) in [5, 5.41) is 22.5. The maximum Gasteiger partial charge on any atom is 0.355 e. The number of carbonyl (C=O) groups excluding carboxylic acids is 1. The van der Waals surface area contributed by atoms with Gasteiger partial charge in [-0.25, -0.2) is 9.97 Å². The number of non-ortho nitro benzene ring substituents is 1. The van der Waals surface area contributed by atoms with Crippen LogP contribution in [0.4, 0.5) is 28.7 Å². The average Bonchev–Trinajstić information content (AvgIpc) is 2.78. The molecule has 1 heterocycles. The number of anilines is 3. The van der Waals surface area contributed by atoms with Crippen LogP contribution in [0.2, 0.25) is 0 Å². The van der Waals surface area contributed by atoms with Gasteiger partial charge in [0.15, 0.2) is 0 Å². The quantitative estimate of drug-likeness (QED) is 0.410. The predicted octanol–water partition coefficient (Wildman–Crippen LogP) is 3.21. The Bertz CT molecular complexity index is 1110. The molecular formula is C19H17N7O5. The van der Waals surface area contributed by atoms with Crippen molar-refractivity contribution in [3.8, 4) is 0 Å².